The second-order valence-electron chi connectivity index (χ2n) is 3.98. The summed E-state index contributed by atoms with van der Waals surface area (Å²) in [5, 5.41) is 0. The monoisotopic (exact) mass is 283 g/mol. The summed E-state index contributed by atoms with van der Waals surface area (Å²) in [6.07, 6.45) is 0.580. The summed E-state index contributed by atoms with van der Waals surface area (Å²) in [7, 11) is 0. The van der Waals surface area contributed by atoms with E-state index in [2.05, 4.69) is 0 Å². The van der Waals surface area contributed by atoms with E-state index in [9.17, 15) is 13.2 Å². The highest BCUT2D eigenvalue weighted by molar-refractivity contribution is 7.99. The molecule has 2 aromatic rings. The lowest BCUT2D eigenvalue weighted by molar-refractivity contribution is 0.575. The fourth-order valence-corrected chi connectivity index (χ4v) is 2.49. The van der Waals surface area contributed by atoms with Crippen LogP contribution in [0.1, 0.15) is 5.56 Å². The zero-order chi connectivity index (χ0) is 13.8. The molecule has 0 atom stereocenters. The van der Waals surface area contributed by atoms with Crippen LogP contribution in [0.4, 0.5) is 13.2 Å². The van der Waals surface area contributed by atoms with Crippen molar-refractivity contribution in [3.63, 3.8) is 0 Å². The largest absolute Gasteiger partial charge is 0.330 e. The van der Waals surface area contributed by atoms with E-state index in [0.29, 0.717) is 13.0 Å². The van der Waals surface area contributed by atoms with Gasteiger partial charge in [0.2, 0.25) is 0 Å². The number of nitrogens with two attached hydrogens (primary N) is 1. The van der Waals surface area contributed by atoms with E-state index >= 15 is 0 Å². The molecule has 100 valence electrons. The summed E-state index contributed by atoms with van der Waals surface area (Å²) in [6, 6.07) is 7.75. The predicted molar refractivity (Wildman–Crippen MR) is 69.6 cm³/mol. The van der Waals surface area contributed by atoms with Crippen LogP contribution in [0.25, 0.3) is 0 Å². The Balaban J connectivity index is 2.25. The second kappa shape index (κ2) is 6.12. The van der Waals surface area contributed by atoms with Gasteiger partial charge in [-0.25, -0.2) is 13.2 Å². The van der Waals surface area contributed by atoms with E-state index < -0.39 is 17.5 Å². The Morgan fingerprint density at radius 2 is 1.68 bits per heavy atom. The van der Waals surface area contributed by atoms with Gasteiger partial charge in [0, 0.05) is 4.90 Å². The number of halogens is 3. The van der Waals surface area contributed by atoms with Gasteiger partial charge in [-0.05, 0) is 48.9 Å². The highest BCUT2D eigenvalue weighted by atomic mass is 32.2. The molecule has 0 spiro atoms. The zero-order valence-electron chi connectivity index (χ0n) is 10.00. The van der Waals surface area contributed by atoms with Crippen molar-refractivity contribution in [2.75, 3.05) is 6.54 Å². The quantitative estimate of drug-likeness (QED) is 0.924. The van der Waals surface area contributed by atoms with Crippen LogP contribution in [0.15, 0.2) is 46.2 Å². The maximum absolute atomic E-state index is 13.8. The minimum atomic E-state index is -0.572. The van der Waals surface area contributed by atoms with Gasteiger partial charge in [0.1, 0.15) is 17.5 Å². The van der Waals surface area contributed by atoms with E-state index in [0.717, 1.165) is 35.5 Å². The highest BCUT2D eigenvalue weighted by Gasteiger charge is 2.10. The molecular formula is C14H12F3NS. The van der Waals surface area contributed by atoms with Crippen LogP contribution in [-0.4, -0.2) is 6.54 Å². The van der Waals surface area contributed by atoms with Gasteiger partial charge in [-0.2, -0.15) is 0 Å². The van der Waals surface area contributed by atoms with E-state index in [1.165, 1.54) is 6.07 Å². The van der Waals surface area contributed by atoms with E-state index in [1.807, 2.05) is 0 Å². The fraction of sp³-hybridized carbons (Fsp3) is 0.143. The van der Waals surface area contributed by atoms with Crippen molar-refractivity contribution in [2.24, 2.45) is 5.73 Å². The maximum Gasteiger partial charge on any atom is 0.137 e. The summed E-state index contributed by atoms with van der Waals surface area (Å²) in [5.41, 5.74) is 6.17. The first-order chi connectivity index (χ1) is 9.10. The third kappa shape index (κ3) is 3.52. The number of hydrogen-bond acceptors (Lipinski definition) is 2. The van der Waals surface area contributed by atoms with Crippen molar-refractivity contribution in [1.29, 1.82) is 0 Å². The molecule has 2 N–H and O–H groups in total. The minimum absolute atomic E-state index is 0.0606. The average Bonchev–Trinajstić information content (AvgIpc) is 2.37. The van der Waals surface area contributed by atoms with Crippen LogP contribution in [-0.2, 0) is 6.42 Å². The molecule has 19 heavy (non-hydrogen) atoms. The van der Waals surface area contributed by atoms with Gasteiger partial charge < -0.3 is 5.73 Å². The Morgan fingerprint density at radius 3 is 2.37 bits per heavy atom. The predicted octanol–water partition coefficient (Wildman–Crippen LogP) is 3.76. The van der Waals surface area contributed by atoms with Gasteiger partial charge in [0.25, 0.3) is 0 Å². The SMILES string of the molecule is NCCc1ccc(Sc2cc(F)ccc2F)c(F)c1. The summed E-state index contributed by atoms with van der Waals surface area (Å²) in [5.74, 6) is -1.58. The van der Waals surface area contributed by atoms with Crippen LogP contribution in [0.2, 0.25) is 0 Å². The standard InChI is InChI=1S/C14H12F3NS/c15-10-2-3-11(16)14(8-10)19-13-4-1-9(5-6-18)7-12(13)17/h1-4,7-8H,5-6,18H2. The minimum Gasteiger partial charge on any atom is -0.330 e. The van der Waals surface area contributed by atoms with Crippen LogP contribution >= 0.6 is 11.8 Å². The third-order valence-electron chi connectivity index (χ3n) is 2.54. The normalized spacial score (nSPS) is 10.7. The molecule has 5 heteroatoms. The third-order valence-corrected chi connectivity index (χ3v) is 3.63. The molecule has 0 aliphatic heterocycles. The Morgan fingerprint density at radius 1 is 0.895 bits per heavy atom. The van der Waals surface area contributed by atoms with E-state index in [-0.39, 0.29) is 9.79 Å². The topological polar surface area (TPSA) is 26.0 Å². The van der Waals surface area contributed by atoms with Gasteiger partial charge in [-0.3, -0.25) is 0 Å². The molecule has 0 heterocycles. The van der Waals surface area contributed by atoms with Crippen molar-refractivity contribution in [2.45, 2.75) is 16.2 Å². The molecule has 0 amide bonds. The molecule has 1 nitrogen and oxygen atoms in total. The smallest absolute Gasteiger partial charge is 0.137 e. The maximum atomic E-state index is 13.8. The Labute approximate surface area is 113 Å². The van der Waals surface area contributed by atoms with Crippen molar-refractivity contribution < 1.29 is 13.2 Å². The van der Waals surface area contributed by atoms with Crippen LogP contribution in [0.5, 0.6) is 0 Å². The molecule has 0 saturated carbocycles. The molecule has 2 rings (SSSR count). The average molecular weight is 283 g/mol. The van der Waals surface area contributed by atoms with Crippen LogP contribution in [0.3, 0.4) is 0 Å². The lowest BCUT2D eigenvalue weighted by Gasteiger charge is -2.06. The number of hydrogen-bond donors (Lipinski definition) is 1. The first kappa shape index (κ1) is 14.0. The van der Waals surface area contributed by atoms with Crippen LogP contribution in [0, 0.1) is 17.5 Å². The summed E-state index contributed by atoms with van der Waals surface area (Å²) in [4.78, 5) is 0.316. The first-order valence-corrected chi connectivity index (χ1v) is 6.53. The lowest BCUT2D eigenvalue weighted by atomic mass is 10.1. The molecule has 0 aliphatic carbocycles. The Kier molecular flexibility index (Phi) is 4.50. The van der Waals surface area contributed by atoms with Crippen molar-refractivity contribution in [3.8, 4) is 0 Å². The van der Waals surface area contributed by atoms with E-state index in [1.54, 1.807) is 12.1 Å². The molecule has 0 unspecified atom stereocenters. The molecule has 0 aromatic heterocycles. The van der Waals surface area contributed by atoms with Gasteiger partial charge in [0.05, 0.1) is 4.90 Å². The highest BCUT2D eigenvalue weighted by Crippen LogP contribution is 2.32. The fourth-order valence-electron chi connectivity index (χ4n) is 1.62. The summed E-state index contributed by atoms with van der Waals surface area (Å²) in [6.45, 7) is 0.435. The first-order valence-electron chi connectivity index (χ1n) is 5.71. The van der Waals surface area contributed by atoms with Crippen molar-refractivity contribution >= 4 is 11.8 Å². The number of benzene rings is 2. The molecule has 0 radical (unpaired) electrons. The van der Waals surface area contributed by atoms with Gasteiger partial charge in [0.15, 0.2) is 0 Å². The van der Waals surface area contributed by atoms with Gasteiger partial charge >= 0.3 is 0 Å². The number of rotatable bonds is 4. The molecular weight excluding hydrogens is 271 g/mol. The molecule has 0 aliphatic rings. The molecule has 0 fully saturated rings. The zero-order valence-corrected chi connectivity index (χ0v) is 10.8. The molecule has 0 saturated heterocycles. The van der Waals surface area contributed by atoms with E-state index in [4.69, 9.17) is 5.73 Å². The van der Waals surface area contributed by atoms with Crippen molar-refractivity contribution in [3.05, 3.63) is 59.4 Å². The molecule has 2 aromatic carbocycles. The van der Waals surface area contributed by atoms with Crippen molar-refractivity contribution in [1.82, 2.24) is 0 Å². The van der Waals surface area contributed by atoms with Gasteiger partial charge in [-0.1, -0.05) is 17.8 Å². The van der Waals surface area contributed by atoms with Gasteiger partial charge in [-0.15, -0.1) is 0 Å². The Bertz CT molecular complexity index is 587. The lowest BCUT2D eigenvalue weighted by Crippen LogP contribution is -2.02. The second-order valence-corrected chi connectivity index (χ2v) is 5.06. The van der Waals surface area contributed by atoms with Crippen LogP contribution < -0.4 is 5.73 Å². The molecule has 0 bridgehead atoms. The summed E-state index contributed by atoms with van der Waals surface area (Å²) < 4.78 is 40.3. The summed E-state index contributed by atoms with van der Waals surface area (Å²) >= 11 is 0.861. The Hall–Kier alpha value is -1.46.